The van der Waals surface area contributed by atoms with Gasteiger partial charge < -0.3 is 4.74 Å². The molecule has 0 N–H and O–H groups in total. The van der Waals surface area contributed by atoms with E-state index in [9.17, 15) is 0 Å². The maximum atomic E-state index is 6.15. The first-order chi connectivity index (χ1) is 13.2. The van der Waals surface area contributed by atoms with Crippen molar-refractivity contribution in [2.24, 2.45) is 0 Å². The van der Waals surface area contributed by atoms with Gasteiger partial charge in [0.25, 0.3) is 0 Å². The summed E-state index contributed by atoms with van der Waals surface area (Å²) >= 11 is 1.89. The lowest BCUT2D eigenvalue weighted by Gasteiger charge is -2.19. The summed E-state index contributed by atoms with van der Waals surface area (Å²) in [5, 5.41) is 0. The van der Waals surface area contributed by atoms with Crippen LogP contribution in [0.1, 0.15) is 16.7 Å². The molecule has 1 nitrogen and oxygen atoms in total. The highest BCUT2D eigenvalue weighted by molar-refractivity contribution is 7.19. The molecule has 2 heterocycles. The molecule has 0 radical (unpaired) electrons. The van der Waals surface area contributed by atoms with Crippen molar-refractivity contribution < 1.29 is 4.74 Å². The van der Waals surface area contributed by atoms with Gasteiger partial charge in [-0.15, -0.1) is 11.3 Å². The van der Waals surface area contributed by atoms with Crippen LogP contribution in [-0.4, -0.2) is 0 Å². The molecule has 2 heteroatoms. The van der Waals surface area contributed by atoms with Gasteiger partial charge in [0.2, 0.25) is 0 Å². The number of thiophene rings is 1. The summed E-state index contributed by atoms with van der Waals surface area (Å²) in [5.41, 5.74) is 8.92. The summed E-state index contributed by atoms with van der Waals surface area (Å²) in [6.45, 7) is 4.92. The molecule has 0 aliphatic carbocycles. The molecule has 0 saturated carbocycles. The van der Waals surface area contributed by atoms with Gasteiger partial charge in [0.15, 0.2) is 0 Å². The van der Waals surface area contributed by atoms with E-state index < -0.39 is 0 Å². The first-order valence-electron chi connectivity index (χ1n) is 9.22. The zero-order valence-corrected chi connectivity index (χ0v) is 16.3. The largest absolute Gasteiger partial charge is 0.488 e. The Bertz CT molecular complexity index is 1140. The van der Waals surface area contributed by atoms with Crippen LogP contribution >= 0.6 is 11.3 Å². The Morgan fingerprint density at radius 1 is 0.741 bits per heavy atom. The smallest absolute Gasteiger partial charge is 0.128 e. The maximum absolute atomic E-state index is 6.15. The predicted octanol–water partition coefficient (Wildman–Crippen LogP) is 7.26. The molecule has 5 rings (SSSR count). The molecule has 3 aromatic carbocycles. The van der Waals surface area contributed by atoms with E-state index in [1.54, 1.807) is 0 Å². The lowest BCUT2D eigenvalue weighted by atomic mass is 9.93. The van der Waals surface area contributed by atoms with E-state index in [4.69, 9.17) is 4.74 Å². The summed E-state index contributed by atoms with van der Waals surface area (Å²) in [6, 6.07) is 26.0. The highest BCUT2D eigenvalue weighted by atomic mass is 32.1. The summed E-state index contributed by atoms with van der Waals surface area (Å²) < 4.78 is 6.15. The molecule has 4 aromatic rings. The zero-order valence-electron chi connectivity index (χ0n) is 15.5. The summed E-state index contributed by atoms with van der Waals surface area (Å²) in [7, 11) is 0. The lowest BCUT2D eigenvalue weighted by Crippen LogP contribution is -2.04. The molecule has 1 aromatic heterocycles. The quantitative estimate of drug-likeness (QED) is 0.362. The minimum absolute atomic E-state index is 0.623. The van der Waals surface area contributed by atoms with Crippen LogP contribution in [0.3, 0.4) is 0 Å². The maximum Gasteiger partial charge on any atom is 0.128 e. The van der Waals surface area contributed by atoms with Gasteiger partial charge in [-0.3, -0.25) is 0 Å². The number of aryl methyl sites for hydroxylation is 2. The molecule has 0 fully saturated rings. The lowest BCUT2D eigenvalue weighted by molar-refractivity contribution is 0.303. The minimum Gasteiger partial charge on any atom is -0.488 e. The molecule has 1 aliphatic heterocycles. The number of hydrogen-bond acceptors (Lipinski definition) is 2. The van der Waals surface area contributed by atoms with E-state index in [2.05, 4.69) is 86.6 Å². The van der Waals surface area contributed by atoms with E-state index in [1.807, 2.05) is 11.3 Å². The van der Waals surface area contributed by atoms with Gasteiger partial charge in [-0.2, -0.15) is 0 Å². The predicted molar refractivity (Wildman–Crippen MR) is 114 cm³/mol. The Morgan fingerprint density at radius 2 is 1.52 bits per heavy atom. The van der Waals surface area contributed by atoms with Gasteiger partial charge in [0.1, 0.15) is 12.4 Å². The second-order valence-electron chi connectivity index (χ2n) is 7.14. The van der Waals surface area contributed by atoms with Crippen LogP contribution < -0.4 is 4.74 Å². The molecule has 0 atom stereocenters. The third kappa shape index (κ3) is 2.77. The van der Waals surface area contributed by atoms with Gasteiger partial charge >= 0.3 is 0 Å². The van der Waals surface area contributed by atoms with E-state index in [0.29, 0.717) is 6.61 Å². The van der Waals surface area contributed by atoms with Crippen molar-refractivity contribution in [2.45, 2.75) is 20.5 Å². The fourth-order valence-electron chi connectivity index (χ4n) is 3.82. The second kappa shape index (κ2) is 6.40. The summed E-state index contributed by atoms with van der Waals surface area (Å²) in [4.78, 5) is 2.67. The number of hydrogen-bond donors (Lipinski definition) is 0. The van der Waals surface area contributed by atoms with Crippen molar-refractivity contribution >= 4 is 11.3 Å². The highest BCUT2D eigenvalue weighted by Crippen LogP contribution is 2.51. The molecule has 1 aliphatic rings. The highest BCUT2D eigenvalue weighted by Gasteiger charge is 2.27. The van der Waals surface area contributed by atoms with Gasteiger partial charge in [-0.1, -0.05) is 71.8 Å². The Labute approximate surface area is 163 Å². The average molecular weight is 369 g/mol. The number of ether oxygens (including phenoxy) is 1. The van der Waals surface area contributed by atoms with Crippen molar-refractivity contribution in [3.8, 4) is 37.8 Å². The summed E-state index contributed by atoms with van der Waals surface area (Å²) in [5.74, 6) is 0.991. The molecular formula is C25H20OS. The van der Waals surface area contributed by atoms with Crippen molar-refractivity contribution in [1.29, 1.82) is 0 Å². The van der Waals surface area contributed by atoms with E-state index >= 15 is 0 Å². The van der Waals surface area contributed by atoms with Crippen molar-refractivity contribution in [1.82, 2.24) is 0 Å². The molecule has 27 heavy (non-hydrogen) atoms. The standard InChI is InChI=1S/C25H20OS/c1-16-7-6-10-19(13-16)23-21-15-26-22-12-11-17(2)14-20(22)25(21)27-24(23)18-8-4-3-5-9-18/h3-14H,15H2,1-2H3. The number of rotatable bonds is 2. The molecule has 0 unspecified atom stereocenters. The minimum atomic E-state index is 0.623. The zero-order chi connectivity index (χ0) is 18.4. The Balaban J connectivity index is 1.82. The van der Waals surface area contributed by atoms with E-state index in [0.717, 1.165) is 5.75 Å². The normalized spacial score (nSPS) is 12.2. The Morgan fingerprint density at radius 3 is 2.33 bits per heavy atom. The Hall–Kier alpha value is -2.84. The third-order valence-corrected chi connectivity index (χ3v) is 6.42. The Kier molecular flexibility index (Phi) is 3.87. The van der Waals surface area contributed by atoms with Gasteiger partial charge in [-0.25, -0.2) is 0 Å². The van der Waals surface area contributed by atoms with E-state index in [1.165, 1.54) is 48.7 Å². The van der Waals surface area contributed by atoms with Crippen LogP contribution in [0.15, 0.2) is 72.8 Å². The van der Waals surface area contributed by atoms with Crippen LogP contribution in [0.5, 0.6) is 5.75 Å². The monoisotopic (exact) mass is 368 g/mol. The van der Waals surface area contributed by atoms with Crippen LogP contribution in [-0.2, 0) is 6.61 Å². The molecule has 0 bridgehead atoms. The van der Waals surface area contributed by atoms with E-state index in [-0.39, 0.29) is 0 Å². The fourth-order valence-corrected chi connectivity index (χ4v) is 5.17. The van der Waals surface area contributed by atoms with Gasteiger partial charge in [0, 0.05) is 26.4 Å². The molecule has 132 valence electrons. The average Bonchev–Trinajstić information content (AvgIpc) is 3.09. The number of benzene rings is 3. The fraction of sp³-hybridized carbons (Fsp3) is 0.120. The van der Waals surface area contributed by atoms with Crippen LogP contribution in [0, 0.1) is 13.8 Å². The van der Waals surface area contributed by atoms with Gasteiger partial charge in [0.05, 0.1) is 0 Å². The molecular weight excluding hydrogens is 348 g/mol. The van der Waals surface area contributed by atoms with Gasteiger partial charge in [-0.05, 0) is 37.1 Å². The first-order valence-corrected chi connectivity index (χ1v) is 10.0. The molecule has 0 saturated heterocycles. The third-order valence-electron chi connectivity index (χ3n) is 5.10. The molecule has 0 amide bonds. The van der Waals surface area contributed by atoms with Crippen LogP contribution in [0.4, 0.5) is 0 Å². The van der Waals surface area contributed by atoms with Crippen molar-refractivity contribution in [3.05, 3.63) is 89.5 Å². The molecule has 0 spiro atoms. The second-order valence-corrected chi connectivity index (χ2v) is 8.16. The van der Waals surface area contributed by atoms with Crippen LogP contribution in [0.2, 0.25) is 0 Å². The first kappa shape index (κ1) is 16.3. The van der Waals surface area contributed by atoms with Crippen molar-refractivity contribution in [3.63, 3.8) is 0 Å². The number of fused-ring (bicyclic) bond motifs is 3. The van der Waals surface area contributed by atoms with Crippen LogP contribution in [0.25, 0.3) is 32.0 Å². The SMILES string of the molecule is Cc1cccc(-c2c(-c3ccccc3)sc3c2COc2ccc(C)cc2-3)c1. The van der Waals surface area contributed by atoms with Crippen molar-refractivity contribution in [2.75, 3.05) is 0 Å². The topological polar surface area (TPSA) is 9.23 Å². The summed E-state index contributed by atoms with van der Waals surface area (Å²) in [6.07, 6.45) is 0.